The molecule has 1 amide bonds. The summed E-state index contributed by atoms with van der Waals surface area (Å²) in [6, 6.07) is 2.43. The van der Waals surface area contributed by atoms with Crippen LogP contribution in [0.3, 0.4) is 0 Å². The first kappa shape index (κ1) is 16.2. The van der Waals surface area contributed by atoms with E-state index in [0.29, 0.717) is 0 Å². The summed E-state index contributed by atoms with van der Waals surface area (Å²) in [6.45, 7) is 0.00459. The number of hydrogen-bond acceptors (Lipinski definition) is 5. The molecule has 8 nitrogen and oxygen atoms in total. The van der Waals surface area contributed by atoms with E-state index in [1.165, 1.54) is 33.3 Å². The van der Waals surface area contributed by atoms with Crippen LogP contribution in [0.25, 0.3) is 0 Å². The normalized spacial score (nSPS) is 11.6. The van der Waals surface area contributed by atoms with Crippen LogP contribution in [0.15, 0.2) is 21.6 Å². The van der Waals surface area contributed by atoms with Crippen LogP contribution in [-0.4, -0.2) is 62.3 Å². The van der Waals surface area contributed by atoms with E-state index < -0.39 is 21.9 Å². The number of carbonyl (C=O) groups excluding carboxylic acids is 1. The summed E-state index contributed by atoms with van der Waals surface area (Å²) in [4.78, 5) is 23.5. The Hall–Kier alpha value is -1.87. The van der Waals surface area contributed by atoms with E-state index >= 15 is 0 Å². The molecular formula is C11H16N2O6S. The predicted octanol–water partition coefficient (Wildman–Crippen LogP) is 0.0766. The lowest BCUT2D eigenvalue weighted by molar-refractivity contribution is -0.137. The number of rotatable bonds is 6. The van der Waals surface area contributed by atoms with Crippen molar-refractivity contribution in [2.75, 3.05) is 27.7 Å². The first-order valence-corrected chi connectivity index (χ1v) is 7.10. The lowest BCUT2D eigenvalue weighted by Crippen LogP contribution is -2.28. The average Bonchev–Trinajstić information content (AvgIpc) is 2.84. The fourth-order valence-electron chi connectivity index (χ4n) is 1.31. The molecule has 1 heterocycles. The topological polar surface area (TPSA) is 108 Å². The van der Waals surface area contributed by atoms with Crippen molar-refractivity contribution < 1.29 is 27.5 Å². The second-order valence-corrected chi connectivity index (χ2v) is 6.36. The van der Waals surface area contributed by atoms with Gasteiger partial charge in [-0.05, 0) is 12.1 Å². The zero-order chi connectivity index (χ0) is 15.5. The molecular weight excluding hydrogens is 288 g/mol. The molecule has 9 heteroatoms. The molecule has 0 unspecified atom stereocenters. The Kier molecular flexibility index (Phi) is 4.90. The highest BCUT2D eigenvalue weighted by molar-refractivity contribution is 7.88. The minimum Gasteiger partial charge on any atom is -0.481 e. The Morgan fingerprint density at radius 1 is 1.25 bits per heavy atom. The molecule has 0 radical (unpaired) electrons. The highest BCUT2D eigenvalue weighted by Gasteiger charge is 2.24. The van der Waals surface area contributed by atoms with Crippen LogP contribution < -0.4 is 0 Å². The maximum atomic E-state index is 11.9. The molecule has 112 valence electrons. The van der Waals surface area contributed by atoms with Gasteiger partial charge in [-0.25, -0.2) is 12.7 Å². The van der Waals surface area contributed by atoms with Gasteiger partial charge in [0.2, 0.25) is 5.09 Å². The van der Waals surface area contributed by atoms with E-state index in [9.17, 15) is 18.0 Å². The molecule has 1 N–H and O–H groups in total. The van der Waals surface area contributed by atoms with Crippen LogP contribution in [0.5, 0.6) is 0 Å². The van der Waals surface area contributed by atoms with Gasteiger partial charge in [-0.3, -0.25) is 9.59 Å². The molecule has 0 aliphatic rings. The van der Waals surface area contributed by atoms with E-state index in [2.05, 4.69) is 0 Å². The van der Waals surface area contributed by atoms with Gasteiger partial charge in [0, 0.05) is 27.7 Å². The number of furan rings is 1. The summed E-state index contributed by atoms with van der Waals surface area (Å²) in [5.74, 6) is -1.76. The average molecular weight is 304 g/mol. The lowest BCUT2D eigenvalue weighted by atomic mass is 10.3. The number of sulfonamides is 1. The Labute approximate surface area is 116 Å². The fourth-order valence-corrected chi connectivity index (χ4v) is 2.10. The van der Waals surface area contributed by atoms with Crippen molar-refractivity contribution in [1.29, 1.82) is 0 Å². The molecule has 1 aromatic heterocycles. The van der Waals surface area contributed by atoms with Crippen molar-refractivity contribution >= 4 is 21.9 Å². The van der Waals surface area contributed by atoms with Crippen molar-refractivity contribution in [1.82, 2.24) is 9.21 Å². The first-order valence-electron chi connectivity index (χ1n) is 5.66. The molecule has 0 bridgehead atoms. The van der Waals surface area contributed by atoms with Gasteiger partial charge in [0.1, 0.15) is 0 Å². The largest absolute Gasteiger partial charge is 0.481 e. The van der Waals surface area contributed by atoms with Crippen LogP contribution in [0.4, 0.5) is 0 Å². The highest BCUT2D eigenvalue weighted by Crippen LogP contribution is 2.17. The van der Waals surface area contributed by atoms with Gasteiger partial charge in [0.05, 0.1) is 6.42 Å². The number of hydrogen-bond donors (Lipinski definition) is 1. The van der Waals surface area contributed by atoms with Gasteiger partial charge >= 0.3 is 5.97 Å². The zero-order valence-corrected chi connectivity index (χ0v) is 12.2. The molecule has 0 fully saturated rings. The quantitative estimate of drug-likeness (QED) is 0.797. The van der Waals surface area contributed by atoms with Crippen LogP contribution in [-0.2, 0) is 14.8 Å². The lowest BCUT2D eigenvalue weighted by Gasteiger charge is -2.14. The monoisotopic (exact) mass is 304 g/mol. The number of carbonyl (C=O) groups is 2. The zero-order valence-electron chi connectivity index (χ0n) is 11.4. The third kappa shape index (κ3) is 3.58. The summed E-state index contributed by atoms with van der Waals surface area (Å²) in [7, 11) is 0.363. The molecule has 0 spiro atoms. The second-order valence-electron chi connectivity index (χ2n) is 4.28. The number of aliphatic carboxylic acids is 1. The third-order valence-electron chi connectivity index (χ3n) is 2.53. The van der Waals surface area contributed by atoms with E-state index in [1.54, 1.807) is 0 Å². The summed E-state index contributed by atoms with van der Waals surface area (Å²) in [5, 5.41) is 8.20. The van der Waals surface area contributed by atoms with Gasteiger partial charge in [-0.1, -0.05) is 0 Å². The Bertz CT molecular complexity index is 604. The Morgan fingerprint density at radius 2 is 1.85 bits per heavy atom. The molecule has 20 heavy (non-hydrogen) atoms. The van der Waals surface area contributed by atoms with Crippen LogP contribution in [0.2, 0.25) is 0 Å². The molecule has 1 rings (SSSR count). The molecule has 0 saturated carbocycles. The summed E-state index contributed by atoms with van der Waals surface area (Å²) < 4.78 is 29.6. The molecule has 0 aliphatic carbocycles. The van der Waals surface area contributed by atoms with Crippen molar-refractivity contribution in [2.24, 2.45) is 0 Å². The SMILES string of the molecule is CN(CCC(=O)O)C(=O)c1ccc(S(=O)(=O)N(C)C)o1. The smallest absolute Gasteiger partial charge is 0.305 e. The van der Waals surface area contributed by atoms with E-state index in [1.807, 2.05) is 0 Å². The van der Waals surface area contributed by atoms with Crippen molar-refractivity contribution in [3.8, 4) is 0 Å². The fraction of sp³-hybridized carbons (Fsp3) is 0.455. The van der Waals surface area contributed by atoms with E-state index in [-0.39, 0.29) is 23.8 Å². The summed E-state index contributed by atoms with van der Waals surface area (Å²) >= 11 is 0. The van der Waals surface area contributed by atoms with Gasteiger partial charge in [0.25, 0.3) is 15.9 Å². The second kappa shape index (κ2) is 6.06. The van der Waals surface area contributed by atoms with Crippen LogP contribution in [0.1, 0.15) is 17.0 Å². The van der Waals surface area contributed by atoms with Crippen LogP contribution >= 0.6 is 0 Å². The highest BCUT2D eigenvalue weighted by atomic mass is 32.2. The maximum absolute atomic E-state index is 11.9. The predicted molar refractivity (Wildman–Crippen MR) is 68.8 cm³/mol. The van der Waals surface area contributed by atoms with Crippen molar-refractivity contribution in [3.63, 3.8) is 0 Å². The standard InChI is InChI=1S/C11H16N2O6S/c1-12(2)20(17,18)10-5-4-8(19-10)11(16)13(3)7-6-9(14)15/h4-5H,6-7H2,1-3H3,(H,14,15). The maximum Gasteiger partial charge on any atom is 0.305 e. The van der Waals surface area contributed by atoms with E-state index in [4.69, 9.17) is 9.52 Å². The van der Waals surface area contributed by atoms with E-state index in [0.717, 1.165) is 9.21 Å². The van der Waals surface area contributed by atoms with Gasteiger partial charge in [0.15, 0.2) is 5.76 Å². The summed E-state index contributed by atoms with van der Waals surface area (Å²) in [5.41, 5.74) is 0. The number of carboxylic acids is 1. The molecule has 0 atom stereocenters. The minimum atomic E-state index is -3.74. The molecule has 1 aromatic rings. The van der Waals surface area contributed by atoms with Gasteiger partial charge in [-0.2, -0.15) is 0 Å². The van der Waals surface area contributed by atoms with Gasteiger partial charge < -0.3 is 14.4 Å². The number of amides is 1. The molecule has 0 aromatic carbocycles. The third-order valence-corrected chi connectivity index (χ3v) is 4.22. The van der Waals surface area contributed by atoms with Crippen LogP contribution in [0, 0.1) is 0 Å². The van der Waals surface area contributed by atoms with Crippen molar-refractivity contribution in [2.45, 2.75) is 11.5 Å². The Balaban J connectivity index is 2.87. The minimum absolute atomic E-state index is 0.00459. The number of carboxylic acid groups (broad SMARTS) is 1. The Morgan fingerprint density at radius 3 is 2.35 bits per heavy atom. The number of nitrogens with zero attached hydrogens (tertiary/aromatic N) is 2. The summed E-state index contributed by atoms with van der Waals surface area (Å²) in [6.07, 6.45) is -0.203. The molecule has 0 saturated heterocycles. The van der Waals surface area contributed by atoms with Crippen molar-refractivity contribution in [3.05, 3.63) is 17.9 Å². The van der Waals surface area contributed by atoms with Gasteiger partial charge in [-0.15, -0.1) is 0 Å². The molecule has 0 aliphatic heterocycles. The first-order chi connectivity index (χ1) is 9.16.